The zero-order chi connectivity index (χ0) is 12.7. The summed E-state index contributed by atoms with van der Waals surface area (Å²) in [7, 11) is 1.51. The second-order valence-corrected chi connectivity index (χ2v) is 3.75. The minimum Gasteiger partial charge on any atom is -0.504 e. The molecular formula is C12H18N2O3. The highest BCUT2D eigenvalue weighted by atomic mass is 16.5. The predicted molar refractivity (Wildman–Crippen MR) is 64.8 cm³/mol. The average molecular weight is 238 g/mol. The van der Waals surface area contributed by atoms with E-state index in [0.717, 1.165) is 18.5 Å². The molecule has 0 radical (unpaired) electrons. The third-order valence-electron chi connectivity index (χ3n) is 2.35. The van der Waals surface area contributed by atoms with Gasteiger partial charge in [0, 0.05) is 13.0 Å². The van der Waals surface area contributed by atoms with E-state index in [4.69, 9.17) is 10.5 Å². The molecule has 0 aliphatic rings. The molecule has 0 aliphatic carbocycles. The quantitative estimate of drug-likeness (QED) is 0.612. The van der Waals surface area contributed by atoms with E-state index >= 15 is 0 Å². The molecule has 0 unspecified atom stereocenters. The fraction of sp³-hybridized carbons (Fsp3) is 0.417. The molecule has 1 amide bonds. The molecule has 0 bridgehead atoms. The van der Waals surface area contributed by atoms with Crippen LogP contribution in [0.3, 0.4) is 0 Å². The number of hydrogen-bond donors (Lipinski definition) is 3. The van der Waals surface area contributed by atoms with E-state index in [1.807, 2.05) is 6.07 Å². The lowest BCUT2D eigenvalue weighted by molar-refractivity contribution is -0.118. The monoisotopic (exact) mass is 238 g/mol. The van der Waals surface area contributed by atoms with Gasteiger partial charge in [-0.3, -0.25) is 4.79 Å². The molecule has 5 nitrogen and oxygen atoms in total. The van der Waals surface area contributed by atoms with Crippen molar-refractivity contribution in [3.05, 3.63) is 23.8 Å². The summed E-state index contributed by atoms with van der Waals surface area (Å²) in [4.78, 5) is 10.5. The highest BCUT2D eigenvalue weighted by molar-refractivity contribution is 5.73. The number of hydrogen-bond acceptors (Lipinski definition) is 4. The van der Waals surface area contributed by atoms with Crippen LogP contribution >= 0.6 is 0 Å². The van der Waals surface area contributed by atoms with Gasteiger partial charge < -0.3 is 20.9 Å². The Kier molecular flexibility index (Phi) is 5.29. The molecule has 1 aromatic rings. The number of nitrogens with one attached hydrogen (secondary N) is 1. The number of phenols is 1. The third kappa shape index (κ3) is 4.74. The summed E-state index contributed by atoms with van der Waals surface area (Å²) in [6.45, 7) is 1.35. The Morgan fingerprint density at radius 2 is 2.29 bits per heavy atom. The van der Waals surface area contributed by atoms with Crippen molar-refractivity contribution >= 4 is 5.91 Å². The van der Waals surface area contributed by atoms with Crippen LogP contribution in [0.25, 0.3) is 0 Å². The highest BCUT2D eigenvalue weighted by Crippen LogP contribution is 2.25. The van der Waals surface area contributed by atoms with E-state index in [9.17, 15) is 9.90 Å². The first kappa shape index (κ1) is 13.3. The second kappa shape index (κ2) is 6.75. The van der Waals surface area contributed by atoms with Crippen LogP contribution < -0.4 is 15.8 Å². The van der Waals surface area contributed by atoms with E-state index in [1.54, 1.807) is 12.1 Å². The summed E-state index contributed by atoms with van der Waals surface area (Å²) in [5.41, 5.74) is 5.98. The van der Waals surface area contributed by atoms with Crippen molar-refractivity contribution in [3.8, 4) is 11.5 Å². The van der Waals surface area contributed by atoms with Crippen molar-refractivity contribution < 1.29 is 14.6 Å². The summed E-state index contributed by atoms with van der Waals surface area (Å²) in [5.74, 6) is 0.306. The maximum Gasteiger partial charge on any atom is 0.217 e. The number of nitrogens with two attached hydrogens (primary N) is 1. The van der Waals surface area contributed by atoms with Gasteiger partial charge >= 0.3 is 0 Å². The van der Waals surface area contributed by atoms with Crippen molar-refractivity contribution in [2.75, 3.05) is 13.7 Å². The maximum absolute atomic E-state index is 10.5. The minimum atomic E-state index is -0.283. The van der Waals surface area contributed by atoms with Crippen LogP contribution in [0.15, 0.2) is 18.2 Å². The minimum absolute atomic E-state index is 0.129. The van der Waals surface area contributed by atoms with Crippen molar-refractivity contribution in [2.24, 2.45) is 5.73 Å². The zero-order valence-electron chi connectivity index (χ0n) is 9.90. The number of rotatable bonds is 7. The first-order valence-corrected chi connectivity index (χ1v) is 5.48. The Balaban J connectivity index is 2.32. The molecule has 4 N–H and O–H groups in total. The van der Waals surface area contributed by atoms with E-state index in [2.05, 4.69) is 5.32 Å². The number of phenolic OH excluding ortho intramolecular Hbond substituents is 1. The normalized spacial score (nSPS) is 10.2. The smallest absolute Gasteiger partial charge is 0.217 e. The predicted octanol–water partition coefficient (Wildman–Crippen LogP) is 0.756. The van der Waals surface area contributed by atoms with Gasteiger partial charge in [0.25, 0.3) is 0 Å². The molecule has 0 saturated carbocycles. The molecule has 0 aliphatic heterocycles. The summed E-state index contributed by atoms with van der Waals surface area (Å²) in [6.07, 6.45) is 1.11. The van der Waals surface area contributed by atoms with Gasteiger partial charge in [-0.1, -0.05) is 6.07 Å². The van der Waals surface area contributed by atoms with Crippen LogP contribution in [0.2, 0.25) is 0 Å². The Morgan fingerprint density at radius 3 is 2.88 bits per heavy atom. The second-order valence-electron chi connectivity index (χ2n) is 3.75. The number of amides is 1. The van der Waals surface area contributed by atoms with Crippen molar-refractivity contribution in [1.29, 1.82) is 0 Å². The van der Waals surface area contributed by atoms with E-state index < -0.39 is 0 Å². The van der Waals surface area contributed by atoms with E-state index in [1.165, 1.54) is 7.11 Å². The van der Waals surface area contributed by atoms with Crippen LogP contribution in [0.1, 0.15) is 18.4 Å². The van der Waals surface area contributed by atoms with Crippen molar-refractivity contribution in [2.45, 2.75) is 19.4 Å². The Labute approximate surface area is 101 Å². The molecule has 0 fully saturated rings. The molecule has 0 atom stereocenters. The van der Waals surface area contributed by atoms with Gasteiger partial charge in [0.1, 0.15) is 0 Å². The van der Waals surface area contributed by atoms with Gasteiger partial charge in [0.05, 0.1) is 7.11 Å². The molecular weight excluding hydrogens is 220 g/mol. The SMILES string of the molecule is COc1ccc(CNCCCC(N)=O)cc1O. The zero-order valence-corrected chi connectivity index (χ0v) is 9.90. The summed E-state index contributed by atoms with van der Waals surface area (Å²) in [5, 5.41) is 12.7. The first-order chi connectivity index (χ1) is 8.13. The number of benzene rings is 1. The van der Waals surface area contributed by atoms with Crippen LogP contribution in [0.5, 0.6) is 11.5 Å². The van der Waals surface area contributed by atoms with Gasteiger partial charge in [-0.05, 0) is 30.7 Å². The number of primary amides is 1. The average Bonchev–Trinajstić information content (AvgIpc) is 2.28. The fourth-order valence-electron chi connectivity index (χ4n) is 1.47. The molecule has 1 aromatic carbocycles. The topological polar surface area (TPSA) is 84.6 Å². The number of ether oxygens (including phenoxy) is 1. The highest BCUT2D eigenvalue weighted by Gasteiger charge is 2.02. The van der Waals surface area contributed by atoms with Crippen LogP contribution in [-0.2, 0) is 11.3 Å². The molecule has 5 heteroatoms. The Bertz CT molecular complexity index is 380. The number of carbonyl (C=O) groups is 1. The standard InChI is InChI=1S/C12H18N2O3/c1-17-11-5-4-9(7-10(11)15)8-14-6-2-3-12(13)16/h4-5,7,14-15H,2-3,6,8H2,1H3,(H2,13,16). The molecule has 0 saturated heterocycles. The molecule has 0 spiro atoms. The number of aromatic hydroxyl groups is 1. The number of methoxy groups -OCH3 is 1. The summed E-state index contributed by atoms with van der Waals surface area (Å²) in [6, 6.07) is 5.25. The lowest BCUT2D eigenvalue weighted by Crippen LogP contribution is -2.18. The molecule has 17 heavy (non-hydrogen) atoms. The van der Waals surface area contributed by atoms with Gasteiger partial charge in [-0.15, -0.1) is 0 Å². The van der Waals surface area contributed by atoms with Gasteiger partial charge in [0.2, 0.25) is 5.91 Å². The van der Waals surface area contributed by atoms with Crippen LogP contribution in [0, 0.1) is 0 Å². The van der Waals surface area contributed by atoms with E-state index in [-0.39, 0.29) is 11.7 Å². The maximum atomic E-state index is 10.5. The van der Waals surface area contributed by atoms with Crippen molar-refractivity contribution in [1.82, 2.24) is 5.32 Å². The molecule has 94 valence electrons. The molecule has 1 rings (SSSR count). The van der Waals surface area contributed by atoms with Gasteiger partial charge in [0.15, 0.2) is 11.5 Å². The molecule has 0 heterocycles. The van der Waals surface area contributed by atoms with Crippen LogP contribution in [0.4, 0.5) is 0 Å². The summed E-state index contributed by atoms with van der Waals surface area (Å²) >= 11 is 0. The van der Waals surface area contributed by atoms with E-state index in [0.29, 0.717) is 18.7 Å². The number of carbonyl (C=O) groups excluding carboxylic acids is 1. The fourth-order valence-corrected chi connectivity index (χ4v) is 1.47. The molecule has 0 aromatic heterocycles. The Morgan fingerprint density at radius 1 is 1.53 bits per heavy atom. The lowest BCUT2D eigenvalue weighted by Gasteiger charge is -2.07. The van der Waals surface area contributed by atoms with Gasteiger partial charge in [-0.25, -0.2) is 0 Å². The third-order valence-corrected chi connectivity index (χ3v) is 2.35. The van der Waals surface area contributed by atoms with Gasteiger partial charge in [-0.2, -0.15) is 0 Å². The summed E-state index contributed by atoms with van der Waals surface area (Å²) < 4.78 is 4.95. The lowest BCUT2D eigenvalue weighted by atomic mass is 10.2. The van der Waals surface area contributed by atoms with Crippen LogP contribution in [-0.4, -0.2) is 24.7 Å². The Hall–Kier alpha value is -1.75. The van der Waals surface area contributed by atoms with Crippen molar-refractivity contribution in [3.63, 3.8) is 0 Å². The largest absolute Gasteiger partial charge is 0.504 e. The first-order valence-electron chi connectivity index (χ1n) is 5.48.